The zero-order valence-electron chi connectivity index (χ0n) is 21.8. The van der Waals surface area contributed by atoms with Crippen molar-refractivity contribution in [1.29, 1.82) is 0 Å². The second-order valence-corrected chi connectivity index (χ2v) is 11.2. The predicted molar refractivity (Wildman–Crippen MR) is 133 cm³/mol. The quantitative estimate of drug-likeness (QED) is 0.503. The van der Waals surface area contributed by atoms with Gasteiger partial charge in [-0.15, -0.1) is 0 Å². The highest BCUT2D eigenvalue weighted by Crippen LogP contribution is 2.43. The van der Waals surface area contributed by atoms with Crippen LogP contribution in [-0.4, -0.2) is 63.5 Å². The van der Waals surface area contributed by atoms with Crippen LogP contribution in [0.15, 0.2) is 30.5 Å². The van der Waals surface area contributed by atoms with E-state index < -0.39 is 53.3 Å². The lowest BCUT2D eigenvalue weighted by atomic mass is 9.85. The van der Waals surface area contributed by atoms with E-state index in [0.717, 1.165) is 12.8 Å². The molecule has 2 unspecified atom stereocenters. The maximum atomic E-state index is 13.8. The molecular weight excluding hydrogens is 517 g/mol. The average molecular weight is 549 g/mol. The molecule has 1 aliphatic carbocycles. The van der Waals surface area contributed by atoms with Crippen molar-refractivity contribution in [3.8, 4) is 0 Å². The second kappa shape index (κ2) is 10.4. The zero-order chi connectivity index (χ0) is 28.7. The number of carbonyl (C=O) groups excluding carboxylic acids is 4. The van der Waals surface area contributed by atoms with Crippen LogP contribution in [-0.2, 0) is 19.2 Å². The van der Waals surface area contributed by atoms with Gasteiger partial charge in [0.2, 0.25) is 17.7 Å². The number of hydrogen-bond acceptors (Lipinski definition) is 6. The third-order valence-corrected chi connectivity index (χ3v) is 7.53. The van der Waals surface area contributed by atoms with E-state index in [4.69, 9.17) is 5.73 Å². The molecule has 10 nitrogen and oxygen atoms in total. The summed E-state index contributed by atoms with van der Waals surface area (Å²) in [7, 11) is 0. The second-order valence-electron chi connectivity index (χ2n) is 11.2. The Balaban J connectivity index is 1.66. The molecule has 13 heteroatoms. The van der Waals surface area contributed by atoms with E-state index in [1.807, 2.05) is 5.32 Å². The van der Waals surface area contributed by atoms with Gasteiger partial charge in [-0.25, -0.2) is 0 Å². The van der Waals surface area contributed by atoms with Crippen LogP contribution in [0.4, 0.5) is 13.2 Å². The summed E-state index contributed by atoms with van der Waals surface area (Å²) >= 11 is 0. The highest BCUT2D eigenvalue weighted by Gasteiger charge is 2.53. The summed E-state index contributed by atoms with van der Waals surface area (Å²) in [4.78, 5) is 53.0. The number of likely N-dealkylation sites (tertiary alicyclic amines) is 1. The highest BCUT2D eigenvalue weighted by atomic mass is 19.4. The first-order valence-corrected chi connectivity index (χ1v) is 12.7. The van der Waals surface area contributed by atoms with Gasteiger partial charge in [0.1, 0.15) is 17.8 Å². The molecule has 2 aliphatic rings. The van der Waals surface area contributed by atoms with Gasteiger partial charge in [0.05, 0.1) is 6.20 Å². The van der Waals surface area contributed by atoms with Crippen LogP contribution in [0.25, 0.3) is 10.8 Å². The SMILES string of the molecule is CC(C)(C)C(NC(=O)C(F)(F)F)C(=O)N1C[C@@H]2CCC[C@@H]2[C@H]1C(=O)NC(C(N)=O)c1nncc2ccccc12. The molecule has 0 radical (unpaired) electrons. The molecule has 1 saturated carbocycles. The minimum atomic E-state index is -5.18. The minimum Gasteiger partial charge on any atom is -0.368 e. The lowest BCUT2D eigenvalue weighted by Gasteiger charge is -2.36. The van der Waals surface area contributed by atoms with E-state index in [2.05, 4.69) is 15.5 Å². The third-order valence-electron chi connectivity index (χ3n) is 7.53. The number of benzene rings is 1. The molecule has 0 bridgehead atoms. The Labute approximate surface area is 222 Å². The van der Waals surface area contributed by atoms with Crippen molar-refractivity contribution in [2.24, 2.45) is 23.0 Å². The van der Waals surface area contributed by atoms with E-state index >= 15 is 0 Å². The van der Waals surface area contributed by atoms with Gasteiger partial charge in [0.15, 0.2) is 6.04 Å². The van der Waals surface area contributed by atoms with Crippen molar-refractivity contribution in [1.82, 2.24) is 25.7 Å². The maximum Gasteiger partial charge on any atom is 0.471 e. The molecule has 2 aromatic rings. The zero-order valence-corrected chi connectivity index (χ0v) is 21.8. The fourth-order valence-electron chi connectivity index (χ4n) is 5.66. The van der Waals surface area contributed by atoms with E-state index in [0.29, 0.717) is 17.2 Å². The summed E-state index contributed by atoms with van der Waals surface area (Å²) in [5.74, 6) is -4.91. The number of primary amides is 1. The molecule has 1 saturated heterocycles. The number of hydrogen-bond donors (Lipinski definition) is 3. The van der Waals surface area contributed by atoms with E-state index in [1.165, 1.54) is 31.9 Å². The topological polar surface area (TPSA) is 147 Å². The van der Waals surface area contributed by atoms with Gasteiger partial charge >= 0.3 is 12.1 Å². The van der Waals surface area contributed by atoms with Crippen molar-refractivity contribution in [2.75, 3.05) is 6.54 Å². The largest absolute Gasteiger partial charge is 0.471 e. The van der Waals surface area contributed by atoms with Crippen LogP contribution >= 0.6 is 0 Å². The highest BCUT2D eigenvalue weighted by molar-refractivity contribution is 5.97. The first kappa shape index (κ1) is 28.2. The van der Waals surface area contributed by atoms with Crippen LogP contribution in [0, 0.1) is 17.3 Å². The normalized spacial score (nSPS) is 22.7. The van der Waals surface area contributed by atoms with Crippen molar-refractivity contribution >= 4 is 34.4 Å². The Morgan fingerprint density at radius 2 is 1.77 bits per heavy atom. The minimum absolute atomic E-state index is 0.0481. The van der Waals surface area contributed by atoms with Crippen LogP contribution in [0.3, 0.4) is 0 Å². The number of rotatable bonds is 6. The average Bonchev–Trinajstić information content (AvgIpc) is 3.45. The Kier molecular flexibility index (Phi) is 7.55. The summed E-state index contributed by atoms with van der Waals surface area (Å²) in [5.41, 5.74) is 4.70. The molecule has 4 N–H and O–H groups in total. The number of nitrogens with one attached hydrogen (secondary N) is 2. The number of fused-ring (bicyclic) bond motifs is 2. The van der Waals surface area contributed by atoms with Crippen molar-refractivity contribution in [3.63, 3.8) is 0 Å². The molecular formula is C26H31F3N6O4. The number of carbonyl (C=O) groups is 4. The van der Waals surface area contributed by atoms with Gasteiger partial charge in [-0.2, -0.15) is 23.4 Å². The fraction of sp³-hybridized carbons (Fsp3) is 0.538. The fourth-order valence-corrected chi connectivity index (χ4v) is 5.66. The van der Waals surface area contributed by atoms with Crippen LogP contribution in [0.1, 0.15) is 51.8 Å². The van der Waals surface area contributed by atoms with Gasteiger partial charge in [0, 0.05) is 17.3 Å². The van der Waals surface area contributed by atoms with Gasteiger partial charge in [-0.3, -0.25) is 19.2 Å². The van der Waals surface area contributed by atoms with Crippen molar-refractivity contribution in [2.45, 2.75) is 64.3 Å². The Hall–Kier alpha value is -3.77. The third kappa shape index (κ3) is 5.66. The lowest BCUT2D eigenvalue weighted by Crippen LogP contribution is -2.60. The molecule has 5 atom stereocenters. The van der Waals surface area contributed by atoms with Crippen molar-refractivity contribution in [3.05, 3.63) is 36.2 Å². The number of aromatic nitrogens is 2. The summed E-state index contributed by atoms with van der Waals surface area (Å²) in [5, 5.41) is 13.6. The van der Waals surface area contributed by atoms with E-state index in [1.54, 1.807) is 24.3 Å². The molecule has 2 fully saturated rings. The van der Waals surface area contributed by atoms with Crippen LogP contribution in [0.2, 0.25) is 0 Å². The lowest BCUT2D eigenvalue weighted by molar-refractivity contribution is -0.176. The summed E-state index contributed by atoms with van der Waals surface area (Å²) < 4.78 is 39.2. The molecule has 0 spiro atoms. The van der Waals surface area contributed by atoms with Gasteiger partial charge in [-0.05, 0) is 30.1 Å². The molecule has 1 aromatic carbocycles. The molecule has 4 amide bonds. The maximum absolute atomic E-state index is 13.8. The van der Waals surface area contributed by atoms with Gasteiger partial charge in [-0.1, -0.05) is 51.5 Å². The molecule has 1 aliphatic heterocycles. The Morgan fingerprint density at radius 3 is 2.41 bits per heavy atom. The molecule has 210 valence electrons. The Morgan fingerprint density at radius 1 is 1.08 bits per heavy atom. The standard InChI is InChI=1S/C26H31F3N6O4/c1-25(2,3)20(33-24(39)26(27,28)29)23(38)35-12-14-8-6-10-16(14)19(35)22(37)32-18(21(30)36)17-15-9-5-4-7-13(15)11-31-34-17/h4-5,7,9,11,14,16,18-20H,6,8,10,12H2,1-3H3,(H2,30,36)(H,32,37)(H,33,39)/t14-,16-,18?,19-,20?/m0/s1. The number of alkyl halides is 3. The molecule has 4 rings (SSSR count). The summed E-state index contributed by atoms with van der Waals surface area (Å²) in [6.07, 6.45) is -1.50. The van der Waals surface area contributed by atoms with Gasteiger partial charge in [0.25, 0.3) is 0 Å². The number of halogens is 3. The molecule has 2 heterocycles. The van der Waals surface area contributed by atoms with E-state index in [9.17, 15) is 32.3 Å². The van der Waals surface area contributed by atoms with Gasteiger partial charge < -0.3 is 21.3 Å². The first-order chi connectivity index (χ1) is 18.2. The van der Waals surface area contributed by atoms with Crippen LogP contribution in [0.5, 0.6) is 0 Å². The predicted octanol–water partition coefficient (Wildman–Crippen LogP) is 1.99. The molecule has 1 aromatic heterocycles. The smallest absolute Gasteiger partial charge is 0.368 e. The number of nitrogens with two attached hydrogens (primary N) is 1. The summed E-state index contributed by atoms with van der Waals surface area (Å²) in [6.45, 7) is 4.73. The number of nitrogens with zero attached hydrogens (tertiary/aromatic N) is 3. The molecule has 39 heavy (non-hydrogen) atoms. The number of amides is 4. The van der Waals surface area contributed by atoms with Crippen LogP contribution < -0.4 is 16.4 Å². The summed E-state index contributed by atoms with van der Waals surface area (Å²) in [6, 6.07) is 3.00. The van der Waals surface area contributed by atoms with Crippen molar-refractivity contribution < 1.29 is 32.3 Å². The Bertz CT molecular complexity index is 1290. The first-order valence-electron chi connectivity index (χ1n) is 12.7. The monoisotopic (exact) mass is 548 g/mol. The van der Waals surface area contributed by atoms with E-state index in [-0.39, 0.29) is 24.1 Å².